The molecule has 0 unspecified atom stereocenters. The number of aryl methyl sites for hydroxylation is 2. The van der Waals surface area contributed by atoms with Crippen molar-refractivity contribution in [1.82, 2.24) is 15.0 Å². The number of carbonyl (C=O) groups is 2. The zero-order chi connectivity index (χ0) is 22.1. The molecule has 2 amide bonds. The van der Waals surface area contributed by atoms with Gasteiger partial charge in [0.15, 0.2) is 0 Å². The summed E-state index contributed by atoms with van der Waals surface area (Å²) >= 11 is 0. The lowest BCUT2D eigenvalue weighted by Crippen LogP contribution is -2.43. The minimum Gasteiger partial charge on any atom is -0.361 e. The molecule has 3 rings (SSSR count). The lowest BCUT2D eigenvalue weighted by atomic mass is 9.94. The van der Waals surface area contributed by atoms with E-state index in [2.05, 4.69) is 5.16 Å². The van der Waals surface area contributed by atoms with E-state index in [4.69, 9.17) is 4.52 Å². The summed E-state index contributed by atoms with van der Waals surface area (Å²) in [6, 6.07) is 4.21. The molecule has 0 bridgehead atoms. The number of amides is 2. The van der Waals surface area contributed by atoms with Gasteiger partial charge in [0.1, 0.15) is 5.76 Å². The first-order valence-corrected chi connectivity index (χ1v) is 9.71. The number of aromatic nitrogens is 1. The van der Waals surface area contributed by atoms with E-state index >= 15 is 0 Å². The molecule has 0 atom stereocenters. The van der Waals surface area contributed by atoms with Crippen LogP contribution in [0.15, 0.2) is 28.8 Å². The first-order chi connectivity index (χ1) is 14.1. The number of nitrogens with zero attached hydrogens (tertiary/aromatic N) is 3. The first kappa shape index (κ1) is 21.9. The zero-order valence-electron chi connectivity index (χ0n) is 17.1. The Bertz CT molecular complexity index is 894. The Hall–Kier alpha value is -2.84. The SMILES string of the molecule is Cc1noc(C)c1CN(C)C(=O)C1CCN(C(=O)c2ccc(C(F)(F)F)cc2)CC1. The Morgan fingerprint density at radius 3 is 2.27 bits per heavy atom. The summed E-state index contributed by atoms with van der Waals surface area (Å²) in [6.45, 7) is 4.81. The van der Waals surface area contributed by atoms with Gasteiger partial charge in [-0.3, -0.25) is 9.59 Å². The summed E-state index contributed by atoms with van der Waals surface area (Å²) in [6.07, 6.45) is -3.41. The van der Waals surface area contributed by atoms with E-state index in [0.29, 0.717) is 38.2 Å². The Labute approximate surface area is 172 Å². The molecule has 1 aliphatic rings. The number of rotatable bonds is 4. The van der Waals surface area contributed by atoms with Gasteiger partial charge in [-0.25, -0.2) is 0 Å². The minimum absolute atomic E-state index is 0.00312. The van der Waals surface area contributed by atoms with Crippen molar-refractivity contribution in [2.45, 2.75) is 39.4 Å². The Morgan fingerprint density at radius 1 is 1.17 bits per heavy atom. The topological polar surface area (TPSA) is 66.7 Å². The lowest BCUT2D eigenvalue weighted by molar-refractivity contribution is -0.137. The molecule has 1 saturated heterocycles. The molecule has 0 N–H and O–H groups in total. The second-order valence-electron chi connectivity index (χ2n) is 7.64. The second-order valence-corrected chi connectivity index (χ2v) is 7.64. The number of likely N-dealkylation sites (tertiary alicyclic amines) is 1. The number of piperidine rings is 1. The first-order valence-electron chi connectivity index (χ1n) is 9.71. The molecule has 2 heterocycles. The number of alkyl halides is 3. The molecule has 9 heteroatoms. The largest absolute Gasteiger partial charge is 0.416 e. The fourth-order valence-electron chi connectivity index (χ4n) is 3.67. The standard InChI is InChI=1S/C21H24F3N3O3/c1-13-18(14(2)30-25-13)12-26(3)19(28)16-8-10-27(11-9-16)20(29)15-4-6-17(7-5-15)21(22,23)24/h4-7,16H,8-12H2,1-3H3. The fraction of sp³-hybridized carbons (Fsp3) is 0.476. The molecular weight excluding hydrogens is 399 g/mol. The predicted molar refractivity (Wildman–Crippen MR) is 103 cm³/mol. The summed E-state index contributed by atoms with van der Waals surface area (Å²) in [7, 11) is 1.73. The van der Waals surface area contributed by atoms with E-state index < -0.39 is 11.7 Å². The van der Waals surface area contributed by atoms with Crippen LogP contribution >= 0.6 is 0 Å². The van der Waals surface area contributed by atoms with E-state index in [0.717, 1.165) is 23.4 Å². The van der Waals surface area contributed by atoms with Crippen LogP contribution in [0.25, 0.3) is 0 Å². The highest BCUT2D eigenvalue weighted by Gasteiger charge is 2.32. The highest BCUT2D eigenvalue weighted by molar-refractivity contribution is 5.94. The molecule has 0 aliphatic carbocycles. The van der Waals surface area contributed by atoms with Gasteiger partial charge in [-0.05, 0) is 51.0 Å². The van der Waals surface area contributed by atoms with Gasteiger partial charge in [-0.1, -0.05) is 5.16 Å². The number of hydrogen-bond donors (Lipinski definition) is 0. The molecule has 1 fully saturated rings. The second kappa shape index (κ2) is 8.49. The predicted octanol–water partition coefficient (Wildman–Crippen LogP) is 3.82. The van der Waals surface area contributed by atoms with Gasteiger partial charge in [0.2, 0.25) is 5.91 Å². The van der Waals surface area contributed by atoms with Crippen molar-refractivity contribution in [3.05, 3.63) is 52.4 Å². The molecule has 2 aromatic rings. The summed E-state index contributed by atoms with van der Waals surface area (Å²) in [5, 5.41) is 3.90. The van der Waals surface area contributed by atoms with Gasteiger partial charge < -0.3 is 14.3 Å². The maximum Gasteiger partial charge on any atom is 0.416 e. The van der Waals surface area contributed by atoms with Crippen molar-refractivity contribution >= 4 is 11.8 Å². The van der Waals surface area contributed by atoms with Crippen LogP contribution in [-0.2, 0) is 17.5 Å². The van der Waals surface area contributed by atoms with Gasteiger partial charge in [0.25, 0.3) is 5.91 Å². The van der Waals surface area contributed by atoms with E-state index in [1.807, 2.05) is 6.92 Å². The van der Waals surface area contributed by atoms with E-state index in [-0.39, 0.29) is 23.3 Å². The van der Waals surface area contributed by atoms with E-state index in [1.165, 1.54) is 12.1 Å². The van der Waals surface area contributed by atoms with Crippen molar-refractivity contribution < 1.29 is 27.3 Å². The summed E-state index contributed by atoms with van der Waals surface area (Å²) in [5.41, 5.74) is 1.07. The Balaban J connectivity index is 1.56. The van der Waals surface area contributed by atoms with Crippen molar-refractivity contribution in [1.29, 1.82) is 0 Å². The molecule has 0 saturated carbocycles. The van der Waals surface area contributed by atoms with Crippen molar-refractivity contribution in [3.8, 4) is 0 Å². The number of carbonyl (C=O) groups excluding carboxylic acids is 2. The number of benzene rings is 1. The molecular formula is C21H24F3N3O3. The lowest BCUT2D eigenvalue weighted by Gasteiger charge is -2.33. The third-order valence-corrected chi connectivity index (χ3v) is 5.54. The maximum atomic E-state index is 12.8. The van der Waals surface area contributed by atoms with E-state index in [1.54, 1.807) is 23.8 Å². The van der Waals surface area contributed by atoms with Crippen LogP contribution in [0.3, 0.4) is 0 Å². The molecule has 0 radical (unpaired) electrons. The van der Waals surface area contributed by atoms with Crippen LogP contribution in [-0.4, -0.2) is 46.9 Å². The molecule has 1 aromatic carbocycles. The van der Waals surface area contributed by atoms with Crippen LogP contribution in [0.1, 0.15) is 45.8 Å². The van der Waals surface area contributed by atoms with Crippen LogP contribution in [0.2, 0.25) is 0 Å². The van der Waals surface area contributed by atoms with Gasteiger partial charge >= 0.3 is 6.18 Å². The van der Waals surface area contributed by atoms with Crippen molar-refractivity contribution in [2.75, 3.05) is 20.1 Å². The molecule has 1 aliphatic heterocycles. The normalized spacial score (nSPS) is 15.3. The van der Waals surface area contributed by atoms with Gasteiger partial charge in [-0.2, -0.15) is 13.2 Å². The highest BCUT2D eigenvalue weighted by Crippen LogP contribution is 2.29. The maximum absolute atomic E-state index is 12.8. The third-order valence-electron chi connectivity index (χ3n) is 5.54. The molecule has 162 valence electrons. The molecule has 1 aromatic heterocycles. The fourth-order valence-corrected chi connectivity index (χ4v) is 3.67. The average molecular weight is 423 g/mol. The smallest absolute Gasteiger partial charge is 0.361 e. The quantitative estimate of drug-likeness (QED) is 0.750. The number of hydrogen-bond acceptors (Lipinski definition) is 4. The van der Waals surface area contributed by atoms with Crippen LogP contribution < -0.4 is 0 Å². The summed E-state index contributed by atoms with van der Waals surface area (Å²) in [4.78, 5) is 28.6. The monoisotopic (exact) mass is 423 g/mol. The van der Waals surface area contributed by atoms with Gasteiger partial charge in [-0.15, -0.1) is 0 Å². The zero-order valence-corrected chi connectivity index (χ0v) is 17.1. The summed E-state index contributed by atoms with van der Waals surface area (Å²) in [5.74, 6) is 0.159. The minimum atomic E-state index is -4.43. The number of halogens is 3. The molecule has 0 spiro atoms. The Morgan fingerprint density at radius 2 is 1.77 bits per heavy atom. The molecule has 30 heavy (non-hydrogen) atoms. The molecule has 6 nitrogen and oxygen atoms in total. The third kappa shape index (κ3) is 4.66. The van der Waals surface area contributed by atoms with Gasteiger partial charge in [0, 0.05) is 37.2 Å². The van der Waals surface area contributed by atoms with Gasteiger partial charge in [0.05, 0.1) is 17.8 Å². The van der Waals surface area contributed by atoms with E-state index in [9.17, 15) is 22.8 Å². The Kier molecular flexibility index (Phi) is 6.19. The highest BCUT2D eigenvalue weighted by atomic mass is 19.4. The van der Waals surface area contributed by atoms with Crippen LogP contribution in [0.5, 0.6) is 0 Å². The van der Waals surface area contributed by atoms with Crippen LogP contribution in [0.4, 0.5) is 13.2 Å². The van der Waals surface area contributed by atoms with Crippen LogP contribution in [0, 0.1) is 19.8 Å². The summed E-state index contributed by atoms with van der Waals surface area (Å²) < 4.78 is 43.2. The average Bonchev–Trinajstić information content (AvgIpc) is 3.04. The van der Waals surface area contributed by atoms with Crippen molar-refractivity contribution in [2.24, 2.45) is 5.92 Å². The van der Waals surface area contributed by atoms with Crippen molar-refractivity contribution in [3.63, 3.8) is 0 Å².